The molecule has 23 aliphatic rings. The van der Waals surface area contributed by atoms with Crippen LogP contribution in [0.2, 0.25) is 0 Å². The third-order valence-corrected chi connectivity index (χ3v) is 43.3. The normalized spacial score (nSPS) is 37.5. The Kier molecular flexibility index (Phi) is 40.9. The van der Waals surface area contributed by atoms with Crippen molar-refractivity contribution in [1.29, 1.82) is 0 Å². The maximum absolute atomic E-state index is 6.40. The third-order valence-electron chi connectivity index (χ3n) is 43.3. The van der Waals surface area contributed by atoms with Crippen LogP contribution >= 0.6 is 0 Å². The van der Waals surface area contributed by atoms with Crippen molar-refractivity contribution in [3.63, 3.8) is 0 Å². The van der Waals surface area contributed by atoms with Gasteiger partial charge in [0.05, 0.1) is 122 Å². The van der Waals surface area contributed by atoms with Gasteiger partial charge in [0.25, 0.3) is 0 Å². The molecule has 0 spiro atoms. The summed E-state index contributed by atoms with van der Waals surface area (Å²) in [5.74, 6) is 26.0. The van der Waals surface area contributed by atoms with E-state index in [4.69, 9.17) is 47.4 Å². The molecule has 0 radical (unpaired) electrons. The van der Waals surface area contributed by atoms with Gasteiger partial charge in [0.2, 0.25) is 0 Å². The van der Waals surface area contributed by atoms with Crippen molar-refractivity contribution in [2.75, 3.05) is 0 Å². The highest BCUT2D eigenvalue weighted by Gasteiger charge is 2.59. The van der Waals surface area contributed by atoms with Crippen molar-refractivity contribution in [2.24, 2.45) is 154 Å². The summed E-state index contributed by atoms with van der Waals surface area (Å²) in [6.07, 6.45) is 67.9. The molecule has 0 heterocycles. The van der Waals surface area contributed by atoms with Crippen molar-refractivity contribution in [2.45, 2.75) is 557 Å². The zero-order valence-electron chi connectivity index (χ0n) is 97.2. The lowest BCUT2D eigenvalue weighted by Gasteiger charge is -2.57. The van der Waals surface area contributed by atoms with E-state index in [1.165, 1.54) is 250 Å². The summed E-state index contributed by atoms with van der Waals surface area (Å²) in [5.41, 5.74) is 12.0. The second kappa shape index (κ2) is 52.6. The van der Waals surface area contributed by atoms with Crippen LogP contribution in [0.4, 0.5) is 0 Å². The number of fused-ring (bicyclic) bond motifs is 29. The lowest BCUT2D eigenvalue weighted by atomic mass is 9.54. The molecule has 4 aromatic rings. The quantitative estimate of drug-likeness (QED) is 0.0575. The number of aryl methyl sites for hydroxylation is 1. The van der Waals surface area contributed by atoms with Crippen LogP contribution in [-0.4, -0.2) is 115 Å². The molecule has 30 atom stereocenters. The van der Waals surface area contributed by atoms with Crippen molar-refractivity contribution in [3.8, 4) is 0 Å². The molecule has 0 aliphatic heterocycles. The van der Waals surface area contributed by atoms with Crippen LogP contribution in [0.5, 0.6) is 0 Å². The van der Waals surface area contributed by atoms with Gasteiger partial charge in [-0.05, 0) is 552 Å². The molecule has 14 bridgehead atoms. The van der Waals surface area contributed by atoms with E-state index in [2.05, 4.69) is 256 Å². The summed E-state index contributed by atoms with van der Waals surface area (Å²) < 4.78 is 60.9. The van der Waals surface area contributed by atoms with E-state index in [0.717, 1.165) is 187 Å². The molecule has 10 heteroatoms. The Balaban J connectivity index is 0.000000111. The van der Waals surface area contributed by atoms with Gasteiger partial charge in [-0.3, -0.25) is 0 Å². The molecule has 4 aromatic carbocycles. The van der Waals surface area contributed by atoms with Crippen LogP contribution in [0.1, 0.15) is 441 Å². The first-order valence-corrected chi connectivity index (χ1v) is 63.1. The predicted molar refractivity (Wildman–Crippen MR) is 604 cm³/mol. The molecule has 27 rings (SSSR count). The van der Waals surface area contributed by atoms with E-state index in [1.54, 1.807) is 19.3 Å². The van der Waals surface area contributed by atoms with Crippen LogP contribution in [0.3, 0.4) is 0 Å². The monoisotopic (exact) mass is 2010 g/mol. The second-order valence-corrected chi connectivity index (χ2v) is 55.1. The maximum Gasteiger partial charge on any atom is 0.0834 e. The summed E-state index contributed by atoms with van der Waals surface area (Å²) >= 11 is 0. The van der Waals surface area contributed by atoms with Crippen LogP contribution in [-0.2, 0) is 92.3 Å². The summed E-state index contributed by atoms with van der Waals surface area (Å²) in [4.78, 5) is 0. The summed E-state index contributed by atoms with van der Waals surface area (Å²) in [6, 6.07) is 34.6. The molecule has 0 aromatic heterocycles. The average molecular weight is 2010 g/mol. The smallest absolute Gasteiger partial charge is 0.0834 e. The molecule has 19 fully saturated rings. The first kappa shape index (κ1) is 114. The Labute approximate surface area is 894 Å². The number of rotatable bonds is 27. The first-order valence-electron chi connectivity index (χ1n) is 63.1. The Morgan fingerprint density at radius 2 is 0.534 bits per heavy atom. The van der Waals surface area contributed by atoms with Crippen LogP contribution in [0, 0.1) is 154 Å². The van der Waals surface area contributed by atoms with Crippen molar-refractivity contribution >= 4 is 0 Å². The van der Waals surface area contributed by atoms with Crippen LogP contribution in [0.25, 0.3) is 0 Å². The number of hydrogen-bond acceptors (Lipinski definition) is 10. The number of hydrogen-bond donors (Lipinski definition) is 0. The molecule has 146 heavy (non-hydrogen) atoms. The van der Waals surface area contributed by atoms with Gasteiger partial charge < -0.3 is 47.4 Å². The number of benzene rings is 4. The molecule has 0 amide bonds. The third kappa shape index (κ3) is 28.7. The van der Waals surface area contributed by atoms with Crippen LogP contribution in [0.15, 0.2) is 97.1 Å². The van der Waals surface area contributed by atoms with E-state index in [-0.39, 0.29) is 0 Å². The van der Waals surface area contributed by atoms with Crippen LogP contribution < -0.4 is 0 Å². The molecule has 820 valence electrons. The molecule has 0 saturated heterocycles. The average Bonchev–Trinajstić information content (AvgIpc) is 1.20. The van der Waals surface area contributed by atoms with Gasteiger partial charge in [-0.25, -0.2) is 0 Å². The summed E-state index contributed by atoms with van der Waals surface area (Å²) in [5, 5.41) is 0. The fraction of sp³-hybridized carbons (Fsp3) is 0.824. The van der Waals surface area contributed by atoms with Crippen molar-refractivity contribution in [3.05, 3.63) is 142 Å². The molecule has 19 saturated carbocycles. The van der Waals surface area contributed by atoms with Crippen molar-refractivity contribution < 1.29 is 47.4 Å². The standard InChI is InChI=1S/2C15H26O.3C14H24O.C14H20O.C13H22O.C13H18O.2C12H16O/c1-9(2)10(3)16-13-7-14-11-4-5-12(6-11)15(14)8-13;1-9(2)10(3)16-15-8-11-7-14(15)13-6-4-5-12(11)13;1-3-10(2)15-14-7-11-4-12(8-14)6-13(5-11)9-14;1-3-9(2)15-12-7-13-10-4-5-11(6-10)14(13)8-12;1-3-9(2)15-14-8-10-7-13(14)12-6-4-5-11(10)12;1-10(2)11(3)15-14-8-12-6-4-5-7-13(12)9-14;1-8(2)14-11-6-12-9-3-4-10(5-9)13(12)7-11;1-3-10(2)14-13-8-11-6-4-5-7-12(11)9-13;1-9(2)13-12-7-10-5-3-4-6-11(10)8-12;1-9(2)13-12-8-7-10-5-3-4-6-11(10)12/h2*9-15H,4-8H2,1-3H3;10-13H,3-9H2,1-2H3;2*9-14H,3-8H2,1-2H3;4-7,10-11,14H,8-9H2,1-3H3;8-13H,3-7H2,1-2H3;4-7,10,13H,3,8-9H2,1-2H3;2*3-6,9,12H,7-8H2,1-2H3. The second-order valence-electron chi connectivity index (χ2n) is 55.1. The lowest BCUT2D eigenvalue weighted by Crippen LogP contribution is -2.53. The van der Waals surface area contributed by atoms with E-state index in [9.17, 15) is 0 Å². The minimum atomic E-state index is 0.324. The van der Waals surface area contributed by atoms with E-state index in [1.807, 2.05) is 0 Å². The predicted octanol–water partition coefficient (Wildman–Crippen LogP) is 33.9. The van der Waals surface area contributed by atoms with E-state index < -0.39 is 0 Å². The Bertz CT molecular complexity index is 4380. The maximum atomic E-state index is 6.40. The molecule has 0 N–H and O–H groups in total. The Morgan fingerprint density at radius 1 is 0.240 bits per heavy atom. The van der Waals surface area contributed by atoms with Gasteiger partial charge in [-0.15, -0.1) is 0 Å². The van der Waals surface area contributed by atoms with Crippen molar-refractivity contribution in [1.82, 2.24) is 0 Å². The number of ether oxygens (including phenoxy) is 10. The fourth-order valence-corrected chi connectivity index (χ4v) is 35.4. The molecular weight excluding hydrogens is 1790 g/mol. The highest BCUT2D eigenvalue weighted by molar-refractivity contribution is 5.36. The molecular formula is C136H216O10. The Morgan fingerprint density at radius 3 is 0.897 bits per heavy atom. The molecule has 10 nitrogen and oxygen atoms in total. The summed E-state index contributed by atoms with van der Waals surface area (Å²) in [6.45, 7) is 50.7. The highest BCUT2D eigenvalue weighted by Crippen LogP contribution is 2.65. The van der Waals surface area contributed by atoms with Gasteiger partial charge in [0, 0.05) is 0 Å². The summed E-state index contributed by atoms with van der Waals surface area (Å²) in [7, 11) is 0. The lowest BCUT2D eigenvalue weighted by molar-refractivity contribution is -0.184. The zero-order chi connectivity index (χ0) is 103. The van der Waals surface area contributed by atoms with E-state index >= 15 is 0 Å². The van der Waals surface area contributed by atoms with Gasteiger partial charge in [0.1, 0.15) is 0 Å². The Hall–Kier alpha value is -3.52. The molecule has 30 unspecified atom stereocenters. The molecule has 23 aliphatic carbocycles. The highest BCUT2D eigenvalue weighted by atomic mass is 16.5. The van der Waals surface area contributed by atoms with Gasteiger partial charge >= 0.3 is 0 Å². The van der Waals surface area contributed by atoms with Gasteiger partial charge in [0.15, 0.2) is 0 Å². The SMILES string of the molecule is CC(C)C(C)OC1CC2C3CCC(C3)C2C1.CC(C)C(C)OC1CC2CC1C1CCCC21.CC(C)C(C)OC1Cc2ccccc2C1.CC(C)OC1CC2C3CCC(C3)C2C1.CC(C)OC1CCc2ccccc21.CC(C)OC1Cc2ccccc2C1.CCC(C)OC12CC3CC(CC(C3)C1)C2.CCC(C)OC1CC2C3CCC(C3)C2C1.CCC(C)OC1CC2CC1C1CCCC21.CCC(C)OC1Cc2ccccc2C1. The first-order chi connectivity index (χ1) is 70.3. The minimum absolute atomic E-state index is 0.324. The topological polar surface area (TPSA) is 92.3 Å². The van der Waals surface area contributed by atoms with E-state index in [0.29, 0.717) is 139 Å². The van der Waals surface area contributed by atoms with Gasteiger partial charge in [-0.2, -0.15) is 0 Å². The zero-order valence-corrected chi connectivity index (χ0v) is 97.2. The van der Waals surface area contributed by atoms with Gasteiger partial charge in [-0.1, -0.05) is 179 Å². The fourth-order valence-electron chi connectivity index (χ4n) is 35.4. The minimum Gasteiger partial charge on any atom is -0.376 e. The largest absolute Gasteiger partial charge is 0.376 e.